The van der Waals surface area contributed by atoms with Gasteiger partial charge in [-0.2, -0.15) is 0 Å². The maximum absolute atomic E-state index is 12.9. The highest BCUT2D eigenvalue weighted by Crippen LogP contribution is 2.42. The van der Waals surface area contributed by atoms with Crippen LogP contribution in [0.5, 0.6) is 0 Å². The van der Waals surface area contributed by atoms with Gasteiger partial charge in [-0.1, -0.05) is 54.1 Å². The second kappa shape index (κ2) is 8.07. The van der Waals surface area contributed by atoms with Crippen LogP contribution in [-0.4, -0.2) is 18.4 Å². The summed E-state index contributed by atoms with van der Waals surface area (Å²) in [6.45, 7) is 0. The Morgan fingerprint density at radius 1 is 1.03 bits per heavy atom. The Kier molecular flexibility index (Phi) is 5.23. The number of nitrogens with zero attached hydrogens (tertiary/aromatic N) is 2. The minimum absolute atomic E-state index is 0.219. The highest BCUT2D eigenvalue weighted by Gasteiger charge is 2.26. The molecule has 0 saturated carbocycles. The lowest BCUT2D eigenvalue weighted by Crippen LogP contribution is -2.16. The van der Waals surface area contributed by atoms with E-state index in [2.05, 4.69) is 14.7 Å². The highest BCUT2D eigenvalue weighted by molar-refractivity contribution is 7.96. The molecule has 0 unspecified atom stereocenters. The first kappa shape index (κ1) is 20.7. The van der Waals surface area contributed by atoms with Crippen molar-refractivity contribution >= 4 is 33.3 Å². The topological polar surface area (TPSA) is 98.0 Å². The van der Waals surface area contributed by atoms with Crippen molar-refractivity contribution in [1.29, 1.82) is 0 Å². The number of hydrogen-bond acceptors (Lipinski definition) is 5. The molecule has 162 valence electrons. The summed E-state index contributed by atoms with van der Waals surface area (Å²) in [6, 6.07) is 13.4. The van der Waals surface area contributed by atoms with E-state index in [-0.39, 0.29) is 10.9 Å². The van der Waals surface area contributed by atoms with Crippen LogP contribution in [0.25, 0.3) is 22.4 Å². The Bertz CT molecular complexity index is 1380. The SMILES string of the molecule is Nc1nc2c(c(-c3ccccc3)n1)-c1cc(NS(=O)(=O)C3=CCCC=C3)c(Cl)cc1CC2. The van der Waals surface area contributed by atoms with Crippen LogP contribution >= 0.6 is 11.6 Å². The van der Waals surface area contributed by atoms with Crippen molar-refractivity contribution < 1.29 is 8.42 Å². The molecule has 1 aromatic heterocycles. The molecule has 0 atom stereocenters. The quantitative estimate of drug-likeness (QED) is 0.558. The molecule has 2 aliphatic rings. The zero-order valence-electron chi connectivity index (χ0n) is 17.2. The lowest BCUT2D eigenvalue weighted by molar-refractivity contribution is 0.607. The van der Waals surface area contributed by atoms with Crippen LogP contribution in [0.4, 0.5) is 11.6 Å². The fraction of sp³-hybridized carbons (Fsp3) is 0.167. The molecule has 0 fully saturated rings. The summed E-state index contributed by atoms with van der Waals surface area (Å²) in [5, 5.41) is 0.355. The Hall–Kier alpha value is -3.16. The van der Waals surface area contributed by atoms with Crippen molar-refractivity contribution in [2.75, 3.05) is 10.5 Å². The van der Waals surface area contributed by atoms with Gasteiger partial charge in [0.1, 0.15) is 0 Å². The summed E-state index contributed by atoms with van der Waals surface area (Å²) in [5.41, 5.74) is 11.6. The van der Waals surface area contributed by atoms with Crippen LogP contribution < -0.4 is 10.5 Å². The average molecular weight is 465 g/mol. The smallest absolute Gasteiger partial charge is 0.261 e. The zero-order chi connectivity index (χ0) is 22.3. The van der Waals surface area contributed by atoms with Crippen molar-refractivity contribution in [2.45, 2.75) is 25.7 Å². The van der Waals surface area contributed by atoms with Crippen LogP contribution in [0.15, 0.2) is 65.6 Å². The minimum Gasteiger partial charge on any atom is -0.368 e. The first-order valence-corrected chi connectivity index (χ1v) is 12.2. The number of rotatable bonds is 4. The van der Waals surface area contributed by atoms with E-state index in [1.165, 1.54) is 0 Å². The molecule has 2 aliphatic carbocycles. The second-order valence-corrected chi connectivity index (χ2v) is 9.89. The van der Waals surface area contributed by atoms with Gasteiger partial charge in [-0.05, 0) is 55.0 Å². The van der Waals surface area contributed by atoms with E-state index in [1.54, 1.807) is 18.2 Å². The van der Waals surface area contributed by atoms with Crippen LogP contribution in [0.1, 0.15) is 24.1 Å². The Morgan fingerprint density at radius 2 is 1.84 bits per heavy atom. The van der Waals surface area contributed by atoms with Crippen LogP contribution in [0.2, 0.25) is 5.02 Å². The Morgan fingerprint density at radius 3 is 2.59 bits per heavy atom. The minimum atomic E-state index is -3.74. The molecule has 1 heterocycles. The fourth-order valence-corrected chi connectivity index (χ4v) is 5.65. The molecule has 2 aromatic carbocycles. The number of allylic oxidation sites excluding steroid dienone is 3. The molecule has 0 bridgehead atoms. The average Bonchev–Trinajstić information content (AvgIpc) is 2.80. The highest BCUT2D eigenvalue weighted by atomic mass is 35.5. The standard InChI is InChI=1S/C24H21ClN4O2S/c25-19-13-16-11-12-20-22(23(28-24(26)27-20)15-7-3-1-4-8-15)18(16)14-21(19)29-32(30,31)17-9-5-2-6-10-17/h1,3-5,7-10,13-14,29H,2,6,11-12H2,(H2,26,27,28). The molecular weight excluding hydrogens is 444 g/mol. The molecule has 0 amide bonds. The number of anilines is 2. The third-order valence-corrected chi connectivity index (χ3v) is 7.38. The monoisotopic (exact) mass is 464 g/mol. The first-order valence-electron chi connectivity index (χ1n) is 10.4. The summed E-state index contributed by atoms with van der Waals surface area (Å²) in [4.78, 5) is 9.26. The van der Waals surface area contributed by atoms with Gasteiger partial charge in [-0.15, -0.1) is 0 Å². The molecular formula is C24H21ClN4O2S. The number of aryl methyl sites for hydroxylation is 2. The number of nitrogen functional groups attached to an aromatic ring is 1. The van der Waals surface area contributed by atoms with E-state index in [1.807, 2.05) is 42.5 Å². The molecule has 32 heavy (non-hydrogen) atoms. The van der Waals surface area contributed by atoms with Gasteiger partial charge in [0, 0.05) is 11.1 Å². The maximum Gasteiger partial charge on any atom is 0.261 e. The number of aromatic nitrogens is 2. The summed E-state index contributed by atoms with van der Waals surface area (Å²) in [6.07, 6.45) is 8.15. The zero-order valence-corrected chi connectivity index (χ0v) is 18.7. The van der Waals surface area contributed by atoms with Crippen molar-refractivity contribution in [3.05, 3.63) is 81.9 Å². The van der Waals surface area contributed by atoms with E-state index in [4.69, 9.17) is 17.3 Å². The van der Waals surface area contributed by atoms with Crippen molar-refractivity contribution in [2.24, 2.45) is 0 Å². The number of halogens is 1. The number of benzene rings is 2. The van der Waals surface area contributed by atoms with Gasteiger partial charge < -0.3 is 5.73 Å². The molecule has 8 heteroatoms. The molecule has 0 saturated heterocycles. The lowest BCUT2D eigenvalue weighted by Gasteiger charge is -2.23. The number of hydrogen-bond donors (Lipinski definition) is 2. The number of sulfonamides is 1. The second-order valence-electron chi connectivity index (χ2n) is 7.80. The van der Waals surface area contributed by atoms with E-state index >= 15 is 0 Å². The van der Waals surface area contributed by atoms with E-state index in [0.717, 1.165) is 46.5 Å². The third kappa shape index (κ3) is 3.78. The molecule has 0 spiro atoms. The van der Waals surface area contributed by atoms with Crippen LogP contribution in [0.3, 0.4) is 0 Å². The summed E-state index contributed by atoms with van der Waals surface area (Å²) >= 11 is 6.50. The normalized spacial score (nSPS) is 15.0. The predicted molar refractivity (Wildman–Crippen MR) is 129 cm³/mol. The molecule has 3 aromatic rings. The molecule has 0 aliphatic heterocycles. The fourth-order valence-electron chi connectivity index (χ4n) is 4.17. The van der Waals surface area contributed by atoms with E-state index in [9.17, 15) is 8.42 Å². The molecule has 6 nitrogen and oxygen atoms in total. The number of nitrogens with two attached hydrogens (primary N) is 1. The Balaban J connectivity index is 1.65. The number of fused-ring (bicyclic) bond motifs is 3. The number of nitrogens with one attached hydrogen (secondary N) is 1. The van der Waals surface area contributed by atoms with Gasteiger partial charge in [-0.3, -0.25) is 4.72 Å². The maximum atomic E-state index is 12.9. The van der Waals surface area contributed by atoms with Crippen molar-refractivity contribution in [3.63, 3.8) is 0 Å². The van der Waals surface area contributed by atoms with Gasteiger partial charge >= 0.3 is 0 Å². The van der Waals surface area contributed by atoms with Gasteiger partial charge in [0.2, 0.25) is 5.95 Å². The van der Waals surface area contributed by atoms with E-state index in [0.29, 0.717) is 23.6 Å². The first-order chi connectivity index (χ1) is 15.4. The Labute approximate surface area is 191 Å². The van der Waals surface area contributed by atoms with Crippen molar-refractivity contribution in [3.8, 4) is 22.4 Å². The van der Waals surface area contributed by atoms with Gasteiger partial charge in [0.25, 0.3) is 10.0 Å². The summed E-state index contributed by atoms with van der Waals surface area (Å²) < 4.78 is 28.5. The van der Waals surface area contributed by atoms with Crippen molar-refractivity contribution in [1.82, 2.24) is 9.97 Å². The van der Waals surface area contributed by atoms with Crippen LogP contribution in [0, 0.1) is 0 Å². The largest absolute Gasteiger partial charge is 0.368 e. The third-order valence-electron chi connectivity index (χ3n) is 5.66. The molecule has 0 radical (unpaired) electrons. The van der Waals surface area contributed by atoms with Gasteiger partial charge in [0.15, 0.2) is 0 Å². The summed E-state index contributed by atoms with van der Waals surface area (Å²) in [5.74, 6) is 0.219. The van der Waals surface area contributed by atoms with Gasteiger partial charge in [-0.25, -0.2) is 18.4 Å². The molecule has 5 rings (SSSR count). The predicted octanol–water partition coefficient (Wildman–Crippen LogP) is 5.12. The van der Waals surface area contributed by atoms with Gasteiger partial charge in [0.05, 0.1) is 27.0 Å². The van der Waals surface area contributed by atoms with Crippen LogP contribution in [-0.2, 0) is 22.9 Å². The molecule has 3 N–H and O–H groups in total. The summed E-state index contributed by atoms with van der Waals surface area (Å²) in [7, 11) is -3.74. The lowest BCUT2D eigenvalue weighted by atomic mass is 9.86. The van der Waals surface area contributed by atoms with E-state index < -0.39 is 10.0 Å².